The molecule has 0 aliphatic carbocycles. The minimum Gasteiger partial charge on any atom is -0.481 e. The first kappa shape index (κ1) is 26.7. The second-order valence-corrected chi connectivity index (χ2v) is 3.38. The van der Waals surface area contributed by atoms with Crippen LogP contribution in [0.1, 0.15) is 6.42 Å². The van der Waals surface area contributed by atoms with Crippen molar-refractivity contribution in [3.63, 3.8) is 0 Å². The van der Waals surface area contributed by atoms with Gasteiger partial charge in [-0.2, -0.15) is 0 Å². The SMILES string of the molecule is O.O.O.O=C(O)CCN(CCNCC(=O)O)CC(=O)O. The number of carbonyl (C=O) groups is 3. The lowest BCUT2D eigenvalue weighted by Crippen LogP contribution is -2.38. The van der Waals surface area contributed by atoms with Gasteiger partial charge in [0.15, 0.2) is 0 Å². The van der Waals surface area contributed by atoms with Gasteiger partial charge in [0.25, 0.3) is 0 Å². The van der Waals surface area contributed by atoms with Crippen molar-refractivity contribution in [2.24, 2.45) is 0 Å². The van der Waals surface area contributed by atoms with Crippen molar-refractivity contribution in [2.45, 2.75) is 6.42 Å². The molecule has 0 bridgehead atoms. The van der Waals surface area contributed by atoms with Crippen LogP contribution in [-0.2, 0) is 14.4 Å². The highest BCUT2D eigenvalue weighted by molar-refractivity contribution is 5.70. The van der Waals surface area contributed by atoms with Crippen molar-refractivity contribution in [2.75, 3.05) is 32.7 Å². The van der Waals surface area contributed by atoms with Gasteiger partial charge in [0.05, 0.1) is 19.5 Å². The molecule has 0 saturated carbocycles. The Bertz CT molecular complexity index is 285. The number of carboxylic acids is 3. The number of carboxylic acid groups (broad SMARTS) is 3. The summed E-state index contributed by atoms with van der Waals surface area (Å²) in [4.78, 5) is 32.5. The number of nitrogens with zero attached hydrogens (tertiary/aromatic N) is 1. The molecule has 0 atom stereocenters. The third-order valence-corrected chi connectivity index (χ3v) is 1.88. The van der Waals surface area contributed by atoms with E-state index in [9.17, 15) is 14.4 Å². The first-order chi connectivity index (χ1) is 7.91. The Morgan fingerprint density at radius 2 is 1.40 bits per heavy atom. The zero-order valence-electron chi connectivity index (χ0n) is 10.8. The molecule has 0 aliphatic heterocycles. The molecule has 0 spiro atoms. The van der Waals surface area contributed by atoms with Gasteiger partial charge in [0.2, 0.25) is 0 Å². The maximum absolute atomic E-state index is 10.5. The molecule has 0 aromatic carbocycles. The molecule has 0 aromatic rings. The standard InChI is InChI=1S/C9H16N2O6.3H2O/c12-7(13)1-3-11(6-9(16)17)4-2-10-5-8(14)15;;;/h10H,1-6H2,(H,12,13)(H,14,15)(H,16,17);3*1H2. The van der Waals surface area contributed by atoms with E-state index >= 15 is 0 Å². The van der Waals surface area contributed by atoms with E-state index in [-0.39, 0.29) is 49.0 Å². The average Bonchev–Trinajstić information content (AvgIpc) is 2.19. The molecule has 122 valence electrons. The fourth-order valence-electron chi connectivity index (χ4n) is 1.15. The van der Waals surface area contributed by atoms with Gasteiger partial charge in [0, 0.05) is 19.6 Å². The largest absolute Gasteiger partial charge is 0.481 e. The van der Waals surface area contributed by atoms with Gasteiger partial charge in [-0.25, -0.2) is 0 Å². The second kappa shape index (κ2) is 15.3. The number of aliphatic carboxylic acids is 3. The third-order valence-electron chi connectivity index (χ3n) is 1.88. The van der Waals surface area contributed by atoms with Gasteiger partial charge in [0.1, 0.15) is 0 Å². The third kappa shape index (κ3) is 18.6. The van der Waals surface area contributed by atoms with E-state index in [0.717, 1.165) is 0 Å². The summed E-state index contributed by atoms with van der Waals surface area (Å²) in [5.41, 5.74) is 0. The number of rotatable bonds is 10. The average molecular weight is 302 g/mol. The van der Waals surface area contributed by atoms with Crippen molar-refractivity contribution in [1.82, 2.24) is 10.2 Å². The van der Waals surface area contributed by atoms with Crippen LogP contribution in [0.2, 0.25) is 0 Å². The van der Waals surface area contributed by atoms with E-state index in [1.165, 1.54) is 4.90 Å². The van der Waals surface area contributed by atoms with Crippen LogP contribution in [0.3, 0.4) is 0 Å². The summed E-state index contributed by atoms with van der Waals surface area (Å²) in [6.45, 7) is 0.227. The van der Waals surface area contributed by atoms with Crippen LogP contribution in [0, 0.1) is 0 Å². The molecule has 0 rings (SSSR count). The smallest absolute Gasteiger partial charge is 0.317 e. The molecular formula is C9H22N2O9. The van der Waals surface area contributed by atoms with Gasteiger partial charge in [-0.1, -0.05) is 0 Å². The Morgan fingerprint density at radius 1 is 0.850 bits per heavy atom. The van der Waals surface area contributed by atoms with E-state index < -0.39 is 17.9 Å². The molecule has 11 heteroatoms. The Morgan fingerprint density at radius 3 is 1.80 bits per heavy atom. The predicted octanol–water partition coefficient (Wildman–Crippen LogP) is -3.95. The maximum atomic E-state index is 10.5. The van der Waals surface area contributed by atoms with Crippen LogP contribution in [-0.4, -0.2) is 87.3 Å². The Hall–Kier alpha value is -1.79. The van der Waals surface area contributed by atoms with Gasteiger partial charge in [-0.15, -0.1) is 0 Å². The molecule has 10 N–H and O–H groups in total. The molecule has 0 saturated heterocycles. The highest BCUT2D eigenvalue weighted by Gasteiger charge is 2.11. The van der Waals surface area contributed by atoms with E-state index in [2.05, 4.69) is 5.32 Å². The zero-order chi connectivity index (χ0) is 13.3. The molecule has 0 heterocycles. The molecule has 0 aromatic heterocycles. The molecule has 0 unspecified atom stereocenters. The van der Waals surface area contributed by atoms with Crippen LogP contribution in [0.5, 0.6) is 0 Å². The van der Waals surface area contributed by atoms with Crippen molar-refractivity contribution in [3.8, 4) is 0 Å². The van der Waals surface area contributed by atoms with Crippen LogP contribution in [0.15, 0.2) is 0 Å². The lowest BCUT2D eigenvalue weighted by Gasteiger charge is -2.19. The molecule has 0 fully saturated rings. The first-order valence-electron chi connectivity index (χ1n) is 5.00. The highest BCUT2D eigenvalue weighted by atomic mass is 16.4. The Labute approximate surface area is 114 Å². The van der Waals surface area contributed by atoms with Crippen LogP contribution < -0.4 is 5.32 Å². The summed E-state index contributed by atoms with van der Waals surface area (Å²) >= 11 is 0. The molecule has 0 amide bonds. The summed E-state index contributed by atoms with van der Waals surface area (Å²) in [7, 11) is 0. The summed E-state index contributed by atoms with van der Waals surface area (Å²) < 4.78 is 0. The second-order valence-electron chi connectivity index (χ2n) is 3.38. The summed E-state index contributed by atoms with van der Waals surface area (Å²) in [5.74, 6) is -3.05. The molecule has 20 heavy (non-hydrogen) atoms. The summed E-state index contributed by atoms with van der Waals surface area (Å²) in [6, 6.07) is 0. The van der Waals surface area contributed by atoms with Crippen molar-refractivity contribution in [1.29, 1.82) is 0 Å². The highest BCUT2D eigenvalue weighted by Crippen LogP contribution is 1.91. The minimum atomic E-state index is -1.05. The number of hydrogen-bond donors (Lipinski definition) is 4. The molecule has 0 aliphatic rings. The Balaban J connectivity index is -0.000000427. The van der Waals surface area contributed by atoms with Gasteiger partial charge in [-0.05, 0) is 0 Å². The van der Waals surface area contributed by atoms with E-state index in [1.807, 2.05) is 0 Å². The van der Waals surface area contributed by atoms with Crippen molar-refractivity contribution >= 4 is 17.9 Å². The van der Waals surface area contributed by atoms with Gasteiger partial charge < -0.3 is 37.1 Å². The van der Waals surface area contributed by atoms with Gasteiger partial charge in [-0.3, -0.25) is 19.3 Å². The van der Waals surface area contributed by atoms with Crippen molar-refractivity contribution < 1.29 is 46.1 Å². The normalized spacial score (nSPS) is 8.85. The zero-order valence-corrected chi connectivity index (χ0v) is 10.8. The first-order valence-corrected chi connectivity index (χ1v) is 5.00. The van der Waals surface area contributed by atoms with Gasteiger partial charge >= 0.3 is 17.9 Å². The fraction of sp³-hybridized carbons (Fsp3) is 0.667. The number of hydrogen-bond acceptors (Lipinski definition) is 5. The minimum absolute atomic E-state index is 0. The summed E-state index contributed by atoms with van der Waals surface area (Å²) in [5, 5.41) is 28.0. The lowest BCUT2D eigenvalue weighted by molar-refractivity contribution is -0.141. The molecular weight excluding hydrogens is 280 g/mol. The number of nitrogens with one attached hydrogen (secondary N) is 1. The molecule has 11 nitrogen and oxygen atoms in total. The summed E-state index contributed by atoms with van der Waals surface area (Å²) in [6.07, 6.45) is -0.147. The molecule has 0 radical (unpaired) electrons. The Kier molecular flexibility index (Phi) is 20.4. The van der Waals surface area contributed by atoms with Crippen LogP contribution in [0.25, 0.3) is 0 Å². The van der Waals surface area contributed by atoms with Crippen LogP contribution in [0.4, 0.5) is 0 Å². The maximum Gasteiger partial charge on any atom is 0.317 e. The van der Waals surface area contributed by atoms with E-state index in [1.54, 1.807) is 0 Å². The van der Waals surface area contributed by atoms with E-state index in [0.29, 0.717) is 6.54 Å². The lowest BCUT2D eigenvalue weighted by atomic mass is 10.3. The quantitative estimate of drug-likeness (QED) is 0.290. The fourth-order valence-corrected chi connectivity index (χ4v) is 1.15. The van der Waals surface area contributed by atoms with Crippen molar-refractivity contribution in [3.05, 3.63) is 0 Å². The van der Waals surface area contributed by atoms with Crippen LogP contribution >= 0.6 is 0 Å². The monoisotopic (exact) mass is 302 g/mol. The van der Waals surface area contributed by atoms with E-state index in [4.69, 9.17) is 15.3 Å². The predicted molar refractivity (Wildman–Crippen MR) is 67.7 cm³/mol. The topological polar surface area (TPSA) is 222 Å².